The highest BCUT2D eigenvalue weighted by Crippen LogP contribution is 2.33. The van der Waals surface area contributed by atoms with Gasteiger partial charge < -0.3 is 15.4 Å². The fourth-order valence-corrected chi connectivity index (χ4v) is 3.02. The number of nitrogen functional groups attached to an aromatic ring is 1. The minimum absolute atomic E-state index is 0.0825. The van der Waals surface area contributed by atoms with Crippen molar-refractivity contribution in [1.82, 2.24) is 4.98 Å². The number of rotatable bonds is 2. The molecule has 18 heavy (non-hydrogen) atoms. The molecule has 2 unspecified atom stereocenters. The molecule has 1 aliphatic heterocycles. The molecule has 0 bridgehead atoms. The first-order valence-corrected chi connectivity index (χ1v) is 6.45. The van der Waals surface area contributed by atoms with Crippen molar-refractivity contribution in [3.05, 3.63) is 23.9 Å². The van der Waals surface area contributed by atoms with Crippen molar-refractivity contribution in [3.63, 3.8) is 0 Å². The van der Waals surface area contributed by atoms with Crippen LogP contribution in [0.4, 0.5) is 5.82 Å². The summed E-state index contributed by atoms with van der Waals surface area (Å²) in [6, 6.07) is 4.09. The second-order valence-electron chi connectivity index (χ2n) is 4.89. The number of pyridine rings is 1. The smallest absolute Gasteiger partial charge is 0.139 e. The Balaban J connectivity index is 1.96. The molecule has 2 atom stereocenters. The van der Waals surface area contributed by atoms with Crippen LogP contribution in [0.25, 0.3) is 0 Å². The molecule has 3 N–H and O–H groups in total. The Hall–Kier alpha value is -1.62. The number of aromatic nitrogens is 1. The minimum atomic E-state index is 0.0825. The highest BCUT2D eigenvalue weighted by atomic mass is 16.5. The summed E-state index contributed by atoms with van der Waals surface area (Å²) in [7, 11) is 0. The van der Waals surface area contributed by atoms with Crippen molar-refractivity contribution in [2.45, 2.75) is 31.4 Å². The molecule has 0 aromatic carbocycles. The van der Waals surface area contributed by atoms with Gasteiger partial charge in [0.25, 0.3) is 0 Å². The topological polar surface area (TPSA) is 75.2 Å². The fourth-order valence-electron chi connectivity index (χ4n) is 3.02. The van der Waals surface area contributed by atoms with Crippen LogP contribution in [-0.2, 0) is 4.74 Å². The lowest BCUT2D eigenvalue weighted by Gasteiger charge is -2.39. The molecule has 1 aromatic heterocycles. The average molecular weight is 246 g/mol. The lowest BCUT2D eigenvalue weighted by molar-refractivity contribution is 0.0253. The van der Waals surface area contributed by atoms with Gasteiger partial charge in [-0.05, 0) is 31.4 Å². The zero-order valence-corrected chi connectivity index (χ0v) is 10.3. The molecule has 0 radical (unpaired) electrons. The Labute approximate surface area is 106 Å². The largest absolute Gasteiger partial charge is 0.384 e. The molecule has 2 aliphatic rings. The van der Waals surface area contributed by atoms with E-state index >= 15 is 0 Å². The average Bonchev–Trinajstić information content (AvgIpc) is 2.86. The Morgan fingerprint density at radius 1 is 1.50 bits per heavy atom. The molecule has 2 heterocycles. The molecule has 1 saturated carbocycles. The molecule has 1 aliphatic carbocycles. The van der Waals surface area contributed by atoms with Crippen molar-refractivity contribution in [2.75, 3.05) is 18.1 Å². The number of nitrogens with one attached hydrogen (secondary N) is 1. The highest BCUT2D eigenvalue weighted by molar-refractivity contribution is 5.99. The fraction of sp³-hybridized carbons (Fsp3) is 0.538. The molecule has 1 aromatic rings. The summed E-state index contributed by atoms with van der Waals surface area (Å²) in [4.78, 5) is 6.71. The third-order valence-corrected chi connectivity index (χ3v) is 3.83. The van der Waals surface area contributed by atoms with Crippen molar-refractivity contribution in [2.24, 2.45) is 5.73 Å². The van der Waals surface area contributed by atoms with Gasteiger partial charge in [0.05, 0.1) is 24.3 Å². The lowest BCUT2D eigenvalue weighted by atomic mass is 10.1. The summed E-state index contributed by atoms with van der Waals surface area (Å²) >= 11 is 0. The maximum atomic E-state index is 7.66. The second-order valence-corrected chi connectivity index (χ2v) is 4.89. The number of hydrogen-bond donors (Lipinski definition) is 2. The van der Waals surface area contributed by atoms with E-state index in [1.165, 1.54) is 6.42 Å². The van der Waals surface area contributed by atoms with Crippen molar-refractivity contribution in [3.8, 4) is 0 Å². The van der Waals surface area contributed by atoms with Gasteiger partial charge in [0, 0.05) is 12.7 Å². The van der Waals surface area contributed by atoms with Gasteiger partial charge in [-0.3, -0.25) is 5.41 Å². The number of hydrogen-bond acceptors (Lipinski definition) is 4. The maximum Gasteiger partial charge on any atom is 0.139 e. The van der Waals surface area contributed by atoms with Crippen molar-refractivity contribution < 1.29 is 4.74 Å². The van der Waals surface area contributed by atoms with Gasteiger partial charge in [-0.15, -0.1) is 0 Å². The molecule has 0 amide bonds. The number of amidine groups is 1. The Morgan fingerprint density at radius 2 is 2.39 bits per heavy atom. The van der Waals surface area contributed by atoms with Gasteiger partial charge in [0.2, 0.25) is 0 Å². The second kappa shape index (κ2) is 4.57. The molecule has 5 nitrogen and oxygen atoms in total. The lowest BCUT2D eigenvalue weighted by Crippen LogP contribution is -2.49. The van der Waals surface area contributed by atoms with Crippen molar-refractivity contribution in [1.29, 1.82) is 5.41 Å². The van der Waals surface area contributed by atoms with Gasteiger partial charge in [-0.1, -0.05) is 0 Å². The van der Waals surface area contributed by atoms with Crippen molar-refractivity contribution >= 4 is 11.7 Å². The van der Waals surface area contributed by atoms with E-state index in [1.54, 1.807) is 6.20 Å². The molecule has 3 rings (SSSR count). The number of nitrogens with zero attached hydrogens (tertiary/aromatic N) is 2. The summed E-state index contributed by atoms with van der Waals surface area (Å²) in [5.74, 6) is 0.921. The van der Waals surface area contributed by atoms with E-state index < -0.39 is 0 Å². The highest BCUT2D eigenvalue weighted by Gasteiger charge is 2.37. The predicted octanol–water partition coefficient (Wildman–Crippen LogP) is 1.12. The van der Waals surface area contributed by atoms with E-state index in [4.69, 9.17) is 15.9 Å². The Kier molecular flexibility index (Phi) is 2.91. The van der Waals surface area contributed by atoms with Gasteiger partial charge >= 0.3 is 0 Å². The van der Waals surface area contributed by atoms with Crippen LogP contribution < -0.4 is 10.6 Å². The number of fused-ring (bicyclic) bond motifs is 1. The minimum Gasteiger partial charge on any atom is -0.384 e. The molecule has 2 fully saturated rings. The van der Waals surface area contributed by atoms with Crippen LogP contribution in [0, 0.1) is 5.41 Å². The van der Waals surface area contributed by atoms with Gasteiger partial charge in [0.15, 0.2) is 0 Å². The molecule has 5 heteroatoms. The van der Waals surface area contributed by atoms with Crippen LogP contribution in [0.1, 0.15) is 24.8 Å². The zero-order valence-electron chi connectivity index (χ0n) is 10.3. The van der Waals surface area contributed by atoms with Crippen LogP contribution >= 0.6 is 0 Å². The maximum absolute atomic E-state index is 7.66. The molecule has 1 saturated heterocycles. The summed E-state index contributed by atoms with van der Waals surface area (Å²) in [6.07, 6.45) is 5.55. The van der Waals surface area contributed by atoms with E-state index in [1.807, 2.05) is 12.1 Å². The van der Waals surface area contributed by atoms with E-state index in [0.29, 0.717) is 12.1 Å². The van der Waals surface area contributed by atoms with Gasteiger partial charge in [-0.25, -0.2) is 4.98 Å². The zero-order chi connectivity index (χ0) is 12.5. The van der Waals surface area contributed by atoms with Crippen LogP contribution in [0.3, 0.4) is 0 Å². The first-order valence-electron chi connectivity index (χ1n) is 6.45. The molecular formula is C13H18N4O. The van der Waals surface area contributed by atoms with E-state index in [-0.39, 0.29) is 5.84 Å². The monoisotopic (exact) mass is 246 g/mol. The summed E-state index contributed by atoms with van der Waals surface area (Å²) in [5.41, 5.74) is 6.37. The predicted molar refractivity (Wildman–Crippen MR) is 70.0 cm³/mol. The number of anilines is 1. The normalized spacial score (nSPS) is 27.0. The van der Waals surface area contributed by atoms with Crippen LogP contribution in [-0.4, -0.2) is 36.1 Å². The van der Waals surface area contributed by atoms with E-state index in [2.05, 4.69) is 9.88 Å². The van der Waals surface area contributed by atoms with E-state index in [0.717, 1.165) is 37.4 Å². The third-order valence-electron chi connectivity index (χ3n) is 3.83. The summed E-state index contributed by atoms with van der Waals surface area (Å²) in [5, 5.41) is 7.66. The van der Waals surface area contributed by atoms with E-state index in [9.17, 15) is 0 Å². The third kappa shape index (κ3) is 1.84. The van der Waals surface area contributed by atoms with Crippen LogP contribution in [0.5, 0.6) is 0 Å². The summed E-state index contributed by atoms with van der Waals surface area (Å²) < 4.78 is 5.80. The molecule has 96 valence electrons. The molecular weight excluding hydrogens is 228 g/mol. The van der Waals surface area contributed by atoms with Crippen LogP contribution in [0.15, 0.2) is 18.3 Å². The quantitative estimate of drug-likeness (QED) is 0.606. The SMILES string of the molecule is N=C(N)c1cccnc1N1CCOC2CCCC21. The summed E-state index contributed by atoms with van der Waals surface area (Å²) in [6.45, 7) is 1.56. The first kappa shape index (κ1) is 11.5. The van der Waals surface area contributed by atoms with Gasteiger partial charge in [0.1, 0.15) is 11.7 Å². The first-order chi connectivity index (χ1) is 8.77. The Morgan fingerprint density at radius 3 is 3.22 bits per heavy atom. The number of nitrogens with two attached hydrogens (primary N) is 1. The standard InChI is InChI=1S/C13H18N4O/c14-12(15)9-3-2-6-16-13(9)17-7-8-18-11-5-1-4-10(11)17/h2-3,6,10-11H,1,4-5,7-8H2,(H3,14,15). The van der Waals surface area contributed by atoms with Crippen LogP contribution in [0.2, 0.25) is 0 Å². The molecule has 0 spiro atoms. The number of morpholine rings is 1. The number of ether oxygens (including phenoxy) is 1. The van der Waals surface area contributed by atoms with Gasteiger partial charge in [-0.2, -0.15) is 0 Å². The Bertz CT molecular complexity index is 462.